The predicted molar refractivity (Wildman–Crippen MR) is 38.4 cm³/mol. The third-order valence-corrected chi connectivity index (χ3v) is 2.15. The van der Waals surface area contributed by atoms with E-state index in [1.807, 2.05) is 0 Å². The summed E-state index contributed by atoms with van der Waals surface area (Å²) in [6.45, 7) is 1.23. The van der Waals surface area contributed by atoms with Crippen molar-refractivity contribution in [2.24, 2.45) is 0 Å². The minimum atomic E-state index is -4.56. The first-order valence-electron chi connectivity index (χ1n) is 3.21. The molecule has 72 valence electrons. The van der Waals surface area contributed by atoms with Crippen LogP contribution in [0.3, 0.4) is 0 Å². The average molecular weight is 212 g/mol. The van der Waals surface area contributed by atoms with Crippen LogP contribution in [0.2, 0.25) is 0 Å². The quantitative estimate of drug-likeness (QED) is 0.200. The van der Waals surface area contributed by atoms with Crippen LogP contribution in [0.5, 0.6) is 0 Å². The SMILES string of the molecule is CC1=C(CS(=O)(=O)[O-])C(=O)OC1=O.[Li+]. The molecule has 0 amide bonds. The van der Waals surface area contributed by atoms with E-state index >= 15 is 0 Å². The van der Waals surface area contributed by atoms with Crippen LogP contribution in [0.15, 0.2) is 11.1 Å². The summed E-state index contributed by atoms with van der Waals surface area (Å²) in [4.78, 5) is 21.5. The molecule has 0 aromatic heterocycles. The molecular weight excluding hydrogens is 207 g/mol. The molecule has 0 saturated carbocycles. The first-order chi connectivity index (χ1) is 5.81. The van der Waals surface area contributed by atoms with Crippen LogP contribution in [-0.2, 0) is 24.4 Å². The van der Waals surface area contributed by atoms with Gasteiger partial charge in [0, 0.05) is 5.57 Å². The van der Waals surface area contributed by atoms with Crippen molar-refractivity contribution in [1.29, 1.82) is 0 Å². The van der Waals surface area contributed by atoms with E-state index in [4.69, 9.17) is 0 Å². The van der Waals surface area contributed by atoms with E-state index in [1.165, 1.54) is 6.92 Å². The minimum Gasteiger partial charge on any atom is -0.748 e. The average Bonchev–Trinajstić information content (AvgIpc) is 2.14. The Bertz CT molecular complexity index is 406. The van der Waals surface area contributed by atoms with Gasteiger partial charge in [-0.1, -0.05) is 0 Å². The molecule has 0 atom stereocenters. The molecule has 8 heteroatoms. The van der Waals surface area contributed by atoms with Gasteiger partial charge in [0.1, 0.15) is 0 Å². The van der Waals surface area contributed by atoms with Gasteiger partial charge in [-0.05, 0) is 6.92 Å². The summed E-state index contributed by atoms with van der Waals surface area (Å²) in [5, 5.41) is 0. The molecule has 6 nitrogen and oxygen atoms in total. The molecule has 0 fully saturated rings. The van der Waals surface area contributed by atoms with Crippen molar-refractivity contribution in [2.75, 3.05) is 5.75 Å². The van der Waals surface area contributed by atoms with Crippen LogP contribution in [-0.4, -0.2) is 30.7 Å². The zero-order valence-electron chi connectivity index (χ0n) is 7.56. The van der Waals surface area contributed by atoms with Crippen LogP contribution in [0.1, 0.15) is 6.92 Å². The smallest absolute Gasteiger partial charge is 0.748 e. The van der Waals surface area contributed by atoms with Gasteiger partial charge in [-0.3, -0.25) is 0 Å². The van der Waals surface area contributed by atoms with Gasteiger partial charge in [-0.2, -0.15) is 0 Å². The Kier molecular flexibility index (Phi) is 4.09. The zero-order valence-corrected chi connectivity index (χ0v) is 8.38. The summed E-state index contributed by atoms with van der Waals surface area (Å²) in [5.41, 5.74) is -0.496. The fourth-order valence-corrected chi connectivity index (χ4v) is 1.53. The molecule has 1 rings (SSSR count). The van der Waals surface area contributed by atoms with E-state index in [-0.39, 0.29) is 30.0 Å². The second kappa shape index (κ2) is 4.27. The number of rotatable bonds is 2. The maximum atomic E-state index is 10.8. The molecule has 0 aliphatic carbocycles. The molecule has 0 aromatic rings. The number of hydrogen-bond donors (Lipinski definition) is 0. The summed E-state index contributed by atoms with van der Waals surface area (Å²) in [5.74, 6) is -2.95. The predicted octanol–water partition coefficient (Wildman–Crippen LogP) is -4.06. The third-order valence-electron chi connectivity index (χ3n) is 1.51. The van der Waals surface area contributed by atoms with Gasteiger partial charge < -0.3 is 9.29 Å². The monoisotopic (exact) mass is 212 g/mol. The summed E-state index contributed by atoms with van der Waals surface area (Å²) in [7, 11) is -4.56. The second-order valence-electron chi connectivity index (χ2n) is 2.48. The maximum absolute atomic E-state index is 10.8. The fraction of sp³-hybridized carbons (Fsp3) is 0.333. The standard InChI is InChI=1S/C6H6O6S.Li/c1-3-4(2-13(9,10)11)6(8)12-5(3)7;/h2H2,1H3,(H,9,10,11);/q;+1/p-1. The van der Waals surface area contributed by atoms with Gasteiger partial charge in [0.2, 0.25) is 0 Å². The molecular formula is C6H5LiO6S. The Morgan fingerprint density at radius 3 is 2.07 bits per heavy atom. The van der Waals surface area contributed by atoms with Gasteiger partial charge in [-0.15, -0.1) is 0 Å². The van der Waals surface area contributed by atoms with Crippen molar-refractivity contribution in [3.05, 3.63) is 11.1 Å². The van der Waals surface area contributed by atoms with E-state index in [0.717, 1.165) is 0 Å². The van der Waals surface area contributed by atoms with Crippen molar-refractivity contribution < 1.29 is 46.2 Å². The van der Waals surface area contributed by atoms with Crippen molar-refractivity contribution in [2.45, 2.75) is 6.92 Å². The van der Waals surface area contributed by atoms with Gasteiger partial charge in [0.05, 0.1) is 21.4 Å². The topological polar surface area (TPSA) is 101 Å². The van der Waals surface area contributed by atoms with Crippen molar-refractivity contribution >= 4 is 22.1 Å². The van der Waals surface area contributed by atoms with Crippen LogP contribution < -0.4 is 18.9 Å². The van der Waals surface area contributed by atoms with E-state index in [2.05, 4.69) is 4.74 Å². The molecule has 0 aromatic carbocycles. The Balaban J connectivity index is 0.00000169. The number of ether oxygens (including phenoxy) is 1. The molecule has 1 aliphatic heterocycles. The van der Waals surface area contributed by atoms with Gasteiger partial charge in [0.25, 0.3) is 0 Å². The molecule has 1 aliphatic rings. The summed E-state index contributed by atoms with van der Waals surface area (Å²) < 4.78 is 34.9. The van der Waals surface area contributed by atoms with E-state index in [9.17, 15) is 22.6 Å². The van der Waals surface area contributed by atoms with Crippen molar-refractivity contribution in [1.82, 2.24) is 0 Å². The van der Waals surface area contributed by atoms with Gasteiger partial charge in [-0.25, -0.2) is 18.0 Å². The number of carbonyl (C=O) groups is 2. The molecule has 0 unspecified atom stereocenters. The number of carbonyl (C=O) groups excluding carboxylic acids is 2. The van der Waals surface area contributed by atoms with Crippen LogP contribution in [0, 0.1) is 0 Å². The molecule has 14 heavy (non-hydrogen) atoms. The van der Waals surface area contributed by atoms with Gasteiger partial charge >= 0.3 is 30.8 Å². The maximum Gasteiger partial charge on any atom is 1.00 e. The van der Waals surface area contributed by atoms with Crippen LogP contribution >= 0.6 is 0 Å². The van der Waals surface area contributed by atoms with Crippen LogP contribution in [0.25, 0.3) is 0 Å². The summed E-state index contributed by atoms with van der Waals surface area (Å²) in [6.07, 6.45) is 0. The Labute approximate surface area is 92.2 Å². The normalized spacial score (nSPS) is 16.7. The summed E-state index contributed by atoms with van der Waals surface area (Å²) in [6, 6.07) is 0. The molecule has 1 heterocycles. The first kappa shape index (κ1) is 13.4. The number of esters is 2. The van der Waals surface area contributed by atoms with E-state index in [0.29, 0.717) is 0 Å². The summed E-state index contributed by atoms with van der Waals surface area (Å²) >= 11 is 0. The molecule has 0 saturated heterocycles. The van der Waals surface area contributed by atoms with E-state index in [1.54, 1.807) is 0 Å². The van der Waals surface area contributed by atoms with E-state index < -0.39 is 27.8 Å². The van der Waals surface area contributed by atoms with Gasteiger partial charge in [0.15, 0.2) is 0 Å². The Morgan fingerprint density at radius 2 is 1.79 bits per heavy atom. The fourth-order valence-electron chi connectivity index (χ4n) is 0.843. The minimum absolute atomic E-state index is 0. The Hall–Kier alpha value is -0.613. The number of cyclic esters (lactones) is 2. The molecule has 0 radical (unpaired) electrons. The molecule has 0 spiro atoms. The van der Waals surface area contributed by atoms with Crippen molar-refractivity contribution in [3.63, 3.8) is 0 Å². The third kappa shape index (κ3) is 2.96. The molecule has 0 N–H and O–H groups in total. The van der Waals surface area contributed by atoms with Crippen molar-refractivity contribution in [3.8, 4) is 0 Å². The zero-order chi connectivity index (χ0) is 10.2. The largest absolute Gasteiger partial charge is 1.00 e. The molecule has 0 bridgehead atoms. The first-order valence-corrected chi connectivity index (χ1v) is 4.79. The van der Waals surface area contributed by atoms with Crippen LogP contribution in [0.4, 0.5) is 0 Å². The number of hydrogen-bond acceptors (Lipinski definition) is 6. The second-order valence-corrected chi connectivity index (χ2v) is 3.89. The Morgan fingerprint density at radius 1 is 1.29 bits per heavy atom.